The van der Waals surface area contributed by atoms with Gasteiger partial charge in [0.2, 0.25) is 11.8 Å². The van der Waals surface area contributed by atoms with E-state index in [0.29, 0.717) is 26.2 Å². The summed E-state index contributed by atoms with van der Waals surface area (Å²) >= 11 is 0. The number of carbonyl (C=O) groups excluding carboxylic acids is 2. The van der Waals surface area contributed by atoms with Crippen LogP contribution in [0.4, 0.5) is 0 Å². The number of aliphatic carboxylic acids is 1. The first-order valence-corrected chi connectivity index (χ1v) is 7.20. The lowest BCUT2D eigenvalue weighted by molar-refractivity contribution is -0.138. The lowest BCUT2D eigenvalue weighted by Gasteiger charge is -2.23. The van der Waals surface area contributed by atoms with Crippen molar-refractivity contribution in [2.45, 2.75) is 27.2 Å². The van der Waals surface area contributed by atoms with Gasteiger partial charge in [0.1, 0.15) is 0 Å². The topological polar surface area (TPSA) is 90.0 Å². The zero-order valence-electron chi connectivity index (χ0n) is 13.0. The highest BCUT2D eigenvalue weighted by atomic mass is 16.4. The summed E-state index contributed by atoms with van der Waals surface area (Å²) in [6, 6.07) is 0. The predicted molar refractivity (Wildman–Crippen MR) is 77.7 cm³/mol. The van der Waals surface area contributed by atoms with Crippen LogP contribution < -0.4 is 5.32 Å². The van der Waals surface area contributed by atoms with E-state index in [9.17, 15) is 14.4 Å². The molecule has 0 aliphatic carbocycles. The van der Waals surface area contributed by atoms with Gasteiger partial charge in [-0.2, -0.15) is 0 Å². The van der Waals surface area contributed by atoms with Crippen LogP contribution in [0.3, 0.4) is 0 Å². The molecule has 0 saturated carbocycles. The molecule has 0 atom stereocenters. The van der Waals surface area contributed by atoms with Gasteiger partial charge in [0, 0.05) is 31.6 Å². The maximum Gasteiger partial charge on any atom is 0.317 e. The van der Waals surface area contributed by atoms with E-state index in [1.165, 1.54) is 0 Å². The molecular formula is C14H25N3O4. The molecule has 0 unspecified atom stereocenters. The average Bonchev–Trinajstić information content (AvgIpc) is 2.59. The molecule has 0 spiro atoms. The highest BCUT2D eigenvalue weighted by Gasteiger charge is 2.24. The van der Waals surface area contributed by atoms with Crippen molar-refractivity contribution in [2.75, 3.05) is 39.3 Å². The summed E-state index contributed by atoms with van der Waals surface area (Å²) in [6.45, 7) is 7.69. The zero-order chi connectivity index (χ0) is 16.0. The van der Waals surface area contributed by atoms with E-state index >= 15 is 0 Å². The molecule has 0 aromatic heterocycles. The van der Waals surface area contributed by atoms with Gasteiger partial charge in [-0.1, -0.05) is 20.8 Å². The van der Waals surface area contributed by atoms with Crippen molar-refractivity contribution in [1.29, 1.82) is 0 Å². The van der Waals surface area contributed by atoms with Crippen LogP contribution in [0.2, 0.25) is 0 Å². The Hall–Kier alpha value is -1.63. The zero-order valence-corrected chi connectivity index (χ0v) is 13.0. The van der Waals surface area contributed by atoms with E-state index in [-0.39, 0.29) is 24.9 Å². The van der Waals surface area contributed by atoms with E-state index < -0.39 is 11.4 Å². The van der Waals surface area contributed by atoms with Crippen molar-refractivity contribution >= 4 is 17.8 Å². The summed E-state index contributed by atoms with van der Waals surface area (Å²) in [6.07, 6.45) is 0.742. The molecule has 21 heavy (non-hydrogen) atoms. The Labute approximate surface area is 125 Å². The first-order chi connectivity index (χ1) is 9.70. The maximum atomic E-state index is 12.1. The number of amides is 2. The summed E-state index contributed by atoms with van der Waals surface area (Å²) in [5.74, 6) is -1.13. The van der Waals surface area contributed by atoms with E-state index in [1.807, 2.05) is 4.90 Å². The molecule has 7 heteroatoms. The highest BCUT2D eigenvalue weighted by Crippen LogP contribution is 2.12. The number of rotatable bonds is 4. The first kappa shape index (κ1) is 17.4. The number of carboxylic acid groups (broad SMARTS) is 1. The van der Waals surface area contributed by atoms with E-state index in [1.54, 1.807) is 25.7 Å². The second-order valence-corrected chi connectivity index (χ2v) is 6.34. The third kappa shape index (κ3) is 6.12. The average molecular weight is 299 g/mol. The van der Waals surface area contributed by atoms with Gasteiger partial charge in [-0.25, -0.2) is 0 Å². The van der Waals surface area contributed by atoms with Gasteiger partial charge in [-0.3, -0.25) is 19.3 Å². The molecule has 0 aromatic carbocycles. The Morgan fingerprint density at radius 2 is 1.76 bits per heavy atom. The van der Waals surface area contributed by atoms with Gasteiger partial charge >= 0.3 is 5.97 Å². The maximum absolute atomic E-state index is 12.1. The quantitative estimate of drug-likeness (QED) is 0.748. The standard InChI is InChI=1S/C14H25N3O4/c1-14(2,3)13(21)15-9-11(18)17-6-4-5-16(7-8-17)10-12(19)20/h4-10H2,1-3H3,(H,15,21)(H,19,20). The monoisotopic (exact) mass is 299 g/mol. The highest BCUT2D eigenvalue weighted by molar-refractivity contribution is 5.87. The smallest absolute Gasteiger partial charge is 0.317 e. The van der Waals surface area contributed by atoms with Crippen LogP contribution in [0.5, 0.6) is 0 Å². The van der Waals surface area contributed by atoms with Crippen molar-refractivity contribution in [3.8, 4) is 0 Å². The molecule has 0 radical (unpaired) electrons. The molecule has 0 bridgehead atoms. The van der Waals surface area contributed by atoms with Crippen molar-refractivity contribution < 1.29 is 19.5 Å². The molecule has 1 rings (SSSR count). The lowest BCUT2D eigenvalue weighted by Crippen LogP contribution is -2.44. The first-order valence-electron chi connectivity index (χ1n) is 7.20. The van der Waals surface area contributed by atoms with Gasteiger partial charge in [0.15, 0.2) is 0 Å². The summed E-state index contributed by atoms with van der Waals surface area (Å²) < 4.78 is 0. The molecule has 1 heterocycles. The second-order valence-electron chi connectivity index (χ2n) is 6.34. The molecule has 7 nitrogen and oxygen atoms in total. The predicted octanol–water partition coefficient (Wildman–Crippen LogP) is -0.232. The molecule has 1 aliphatic rings. The van der Waals surface area contributed by atoms with Crippen molar-refractivity contribution in [3.63, 3.8) is 0 Å². The van der Waals surface area contributed by atoms with Crippen LogP contribution in [0, 0.1) is 5.41 Å². The van der Waals surface area contributed by atoms with Crippen LogP contribution in [0.15, 0.2) is 0 Å². The van der Waals surface area contributed by atoms with E-state index in [4.69, 9.17) is 5.11 Å². The second kappa shape index (κ2) is 7.40. The van der Waals surface area contributed by atoms with Gasteiger partial charge in [-0.05, 0) is 6.42 Å². The van der Waals surface area contributed by atoms with Crippen LogP contribution in [-0.2, 0) is 14.4 Å². The number of nitrogens with zero attached hydrogens (tertiary/aromatic N) is 2. The molecule has 2 N–H and O–H groups in total. The van der Waals surface area contributed by atoms with E-state index in [2.05, 4.69) is 5.32 Å². The van der Waals surface area contributed by atoms with Crippen molar-refractivity contribution in [2.24, 2.45) is 5.41 Å². The molecule has 120 valence electrons. The minimum Gasteiger partial charge on any atom is -0.480 e. The number of nitrogens with one attached hydrogen (secondary N) is 1. The SMILES string of the molecule is CC(C)(C)C(=O)NCC(=O)N1CCCN(CC(=O)O)CC1. The third-order valence-electron chi connectivity index (χ3n) is 3.38. The van der Waals surface area contributed by atoms with Gasteiger partial charge in [-0.15, -0.1) is 0 Å². The minimum absolute atomic E-state index is 0.00277. The fraction of sp³-hybridized carbons (Fsp3) is 0.786. The number of carbonyl (C=O) groups is 3. The van der Waals surface area contributed by atoms with Gasteiger partial charge < -0.3 is 15.3 Å². The van der Waals surface area contributed by atoms with Crippen LogP contribution in [0.1, 0.15) is 27.2 Å². The summed E-state index contributed by atoms with van der Waals surface area (Å²) in [5, 5.41) is 11.4. The lowest BCUT2D eigenvalue weighted by atomic mass is 9.96. The van der Waals surface area contributed by atoms with Crippen LogP contribution in [-0.4, -0.2) is 72.0 Å². The third-order valence-corrected chi connectivity index (χ3v) is 3.38. The van der Waals surface area contributed by atoms with Crippen molar-refractivity contribution in [1.82, 2.24) is 15.1 Å². The van der Waals surface area contributed by atoms with Gasteiger partial charge in [0.05, 0.1) is 13.1 Å². The molecular weight excluding hydrogens is 274 g/mol. The summed E-state index contributed by atoms with van der Waals surface area (Å²) in [7, 11) is 0. The fourth-order valence-electron chi connectivity index (χ4n) is 2.10. The summed E-state index contributed by atoms with van der Waals surface area (Å²) in [5.41, 5.74) is -0.517. The molecule has 2 amide bonds. The Morgan fingerprint density at radius 1 is 1.10 bits per heavy atom. The normalized spacial score (nSPS) is 17.2. The molecule has 1 aliphatic heterocycles. The minimum atomic E-state index is -0.854. The molecule has 0 aromatic rings. The largest absolute Gasteiger partial charge is 0.480 e. The fourth-order valence-corrected chi connectivity index (χ4v) is 2.10. The Kier molecular flexibility index (Phi) is 6.14. The van der Waals surface area contributed by atoms with Crippen LogP contribution >= 0.6 is 0 Å². The Bertz CT molecular complexity index is 404. The van der Waals surface area contributed by atoms with Gasteiger partial charge in [0.25, 0.3) is 0 Å². The molecule has 1 saturated heterocycles. The Morgan fingerprint density at radius 3 is 2.33 bits per heavy atom. The number of hydrogen-bond donors (Lipinski definition) is 2. The van der Waals surface area contributed by atoms with Crippen LogP contribution in [0.25, 0.3) is 0 Å². The Balaban J connectivity index is 2.41. The molecule has 1 fully saturated rings. The summed E-state index contributed by atoms with van der Waals surface area (Å²) in [4.78, 5) is 38.0. The number of hydrogen-bond acceptors (Lipinski definition) is 4. The van der Waals surface area contributed by atoms with E-state index in [0.717, 1.165) is 6.42 Å². The number of carboxylic acids is 1. The van der Waals surface area contributed by atoms with Crippen molar-refractivity contribution in [3.05, 3.63) is 0 Å².